The average Bonchev–Trinajstić information content (AvgIpc) is 2.35. The molecule has 22 heavy (non-hydrogen) atoms. The van der Waals surface area contributed by atoms with Crippen molar-refractivity contribution in [2.24, 2.45) is 5.92 Å². The monoisotopic (exact) mass is 304 g/mol. The summed E-state index contributed by atoms with van der Waals surface area (Å²) >= 11 is 0. The molecule has 4 nitrogen and oxygen atoms in total. The van der Waals surface area contributed by atoms with Crippen LogP contribution in [0.2, 0.25) is 0 Å². The maximum Gasteiger partial charge on any atom is 0.182 e. The Bertz CT molecular complexity index is 643. The molecule has 0 aromatic heterocycles. The molecular weight excluding hydrogens is 280 g/mol. The highest BCUT2D eigenvalue weighted by atomic mass is 16.5. The number of phenolic OH excluding ortho intramolecular Hbond substituents is 1. The Kier molecular flexibility index (Phi) is 3.49. The first kappa shape index (κ1) is 15.4. The Morgan fingerprint density at radius 2 is 1.95 bits per heavy atom. The smallest absolute Gasteiger partial charge is 0.182 e. The number of phenols is 1. The van der Waals surface area contributed by atoms with Crippen LogP contribution in [0, 0.1) is 12.8 Å². The van der Waals surface area contributed by atoms with E-state index in [1.54, 1.807) is 13.0 Å². The number of hydrogen-bond donors (Lipinski definition) is 3. The van der Waals surface area contributed by atoms with E-state index >= 15 is 0 Å². The van der Waals surface area contributed by atoms with Gasteiger partial charge in [0, 0.05) is 17.4 Å². The van der Waals surface area contributed by atoms with E-state index in [0.717, 1.165) is 12.8 Å². The van der Waals surface area contributed by atoms with Gasteiger partial charge in [-0.25, -0.2) is 0 Å². The number of aliphatic hydroxyl groups is 2. The average molecular weight is 304 g/mol. The van der Waals surface area contributed by atoms with Crippen LogP contribution in [0.25, 0.3) is 0 Å². The van der Waals surface area contributed by atoms with Gasteiger partial charge in [0.25, 0.3) is 0 Å². The summed E-state index contributed by atoms with van der Waals surface area (Å²) < 4.78 is 6.17. The molecule has 2 atom stereocenters. The molecule has 120 valence electrons. The standard InChI is InChI=1S/C18H24O4/c1-9-5-6-12-11(7-9)15-13(19)8-10(2)14(17(20)21)16(15)22-18(12,3)4/h7-8,11-12,17,19-21H,5-6H2,1-4H3/t11-,12-/m1/s1. The molecule has 0 saturated carbocycles. The first-order chi connectivity index (χ1) is 10.2. The number of ether oxygens (including phenoxy) is 1. The van der Waals surface area contributed by atoms with Crippen LogP contribution in [0.4, 0.5) is 0 Å². The molecule has 0 saturated heterocycles. The van der Waals surface area contributed by atoms with E-state index in [-0.39, 0.29) is 17.6 Å². The molecule has 4 heteroatoms. The number of hydrogen-bond acceptors (Lipinski definition) is 4. The van der Waals surface area contributed by atoms with Gasteiger partial charge in [-0.2, -0.15) is 0 Å². The minimum absolute atomic E-state index is 0.0469. The van der Waals surface area contributed by atoms with Crippen molar-refractivity contribution in [3.8, 4) is 11.5 Å². The molecule has 0 spiro atoms. The van der Waals surface area contributed by atoms with Crippen molar-refractivity contribution in [3.05, 3.63) is 34.4 Å². The molecule has 0 bridgehead atoms. The van der Waals surface area contributed by atoms with Crippen molar-refractivity contribution >= 4 is 0 Å². The third kappa shape index (κ3) is 2.22. The molecule has 3 N–H and O–H groups in total. The lowest BCUT2D eigenvalue weighted by Crippen LogP contribution is -2.45. The number of aliphatic hydroxyl groups excluding tert-OH is 1. The second kappa shape index (κ2) is 5.00. The van der Waals surface area contributed by atoms with Crippen LogP contribution in [0.3, 0.4) is 0 Å². The predicted molar refractivity (Wildman–Crippen MR) is 84.0 cm³/mol. The summed E-state index contributed by atoms with van der Waals surface area (Å²) in [7, 11) is 0. The molecule has 1 aromatic carbocycles. The summed E-state index contributed by atoms with van der Waals surface area (Å²) in [5.41, 5.74) is 2.56. The summed E-state index contributed by atoms with van der Waals surface area (Å²) in [5, 5.41) is 30.0. The van der Waals surface area contributed by atoms with Crippen LogP contribution in [-0.4, -0.2) is 20.9 Å². The molecular formula is C18H24O4. The Morgan fingerprint density at radius 1 is 1.27 bits per heavy atom. The van der Waals surface area contributed by atoms with Crippen molar-refractivity contribution in [3.63, 3.8) is 0 Å². The Morgan fingerprint density at radius 3 is 2.59 bits per heavy atom. The van der Waals surface area contributed by atoms with E-state index in [9.17, 15) is 15.3 Å². The van der Waals surface area contributed by atoms with Crippen molar-refractivity contribution in [1.82, 2.24) is 0 Å². The molecule has 1 heterocycles. The highest BCUT2D eigenvalue weighted by Gasteiger charge is 2.46. The molecule has 0 fully saturated rings. The lowest BCUT2D eigenvalue weighted by atomic mass is 9.67. The van der Waals surface area contributed by atoms with Crippen molar-refractivity contribution < 1.29 is 20.1 Å². The molecule has 1 aromatic rings. The molecule has 0 amide bonds. The summed E-state index contributed by atoms with van der Waals surface area (Å²) in [6.45, 7) is 7.93. The van der Waals surface area contributed by atoms with Crippen LogP contribution in [-0.2, 0) is 0 Å². The van der Waals surface area contributed by atoms with E-state index < -0.39 is 11.9 Å². The molecule has 1 aliphatic carbocycles. The zero-order chi connectivity index (χ0) is 16.2. The van der Waals surface area contributed by atoms with Crippen molar-refractivity contribution in [2.45, 2.75) is 58.3 Å². The van der Waals surface area contributed by atoms with Gasteiger partial charge in [-0.3, -0.25) is 0 Å². The third-order valence-electron chi connectivity index (χ3n) is 5.14. The fourth-order valence-corrected chi connectivity index (χ4v) is 4.03. The van der Waals surface area contributed by atoms with E-state index in [2.05, 4.69) is 13.0 Å². The summed E-state index contributed by atoms with van der Waals surface area (Å²) in [6, 6.07) is 1.60. The SMILES string of the molecule is CC1=C[C@H]2c3c(O)cc(C)c(C(O)O)c3OC(C)(C)[C@@H]2CC1. The maximum absolute atomic E-state index is 10.5. The number of rotatable bonds is 1. The minimum atomic E-state index is -1.62. The van der Waals surface area contributed by atoms with E-state index in [1.807, 2.05) is 13.8 Å². The van der Waals surface area contributed by atoms with Crippen LogP contribution in [0.1, 0.15) is 62.5 Å². The molecule has 2 aliphatic rings. The summed E-state index contributed by atoms with van der Waals surface area (Å²) in [5.74, 6) is 0.921. The minimum Gasteiger partial charge on any atom is -0.507 e. The Hall–Kier alpha value is -1.52. The first-order valence-electron chi connectivity index (χ1n) is 7.81. The van der Waals surface area contributed by atoms with Gasteiger partial charge in [0.2, 0.25) is 0 Å². The predicted octanol–water partition coefficient (Wildman–Crippen LogP) is 3.29. The number of allylic oxidation sites excluding steroid dienone is 2. The van der Waals surface area contributed by atoms with Gasteiger partial charge >= 0.3 is 0 Å². The highest BCUT2D eigenvalue weighted by molar-refractivity contribution is 5.58. The second-order valence-electron chi connectivity index (χ2n) is 7.13. The van der Waals surface area contributed by atoms with E-state index in [4.69, 9.17) is 4.74 Å². The zero-order valence-corrected chi connectivity index (χ0v) is 13.6. The van der Waals surface area contributed by atoms with Crippen LogP contribution >= 0.6 is 0 Å². The van der Waals surface area contributed by atoms with Gasteiger partial charge < -0.3 is 20.1 Å². The zero-order valence-electron chi connectivity index (χ0n) is 13.6. The first-order valence-corrected chi connectivity index (χ1v) is 7.81. The highest BCUT2D eigenvalue weighted by Crippen LogP contribution is 2.55. The molecule has 1 aliphatic heterocycles. The number of aromatic hydroxyl groups is 1. The Balaban J connectivity index is 2.29. The normalized spacial score (nSPS) is 26.0. The molecule has 0 unspecified atom stereocenters. The largest absolute Gasteiger partial charge is 0.507 e. The van der Waals surface area contributed by atoms with Gasteiger partial charge in [-0.15, -0.1) is 0 Å². The van der Waals surface area contributed by atoms with Crippen LogP contribution < -0.4 is 4.74 Å². The lowest BCUT2D eigenvalue weighted by molar-refractivity contribution is -0.0513. The van der Waals surface area contributed by atoms with Gasteiger partial charge in [0.1, 0.15) is 17.1 Å². The fourth-order valence-electron chi connectivity index (χ4n) is 4.03. The summed E-state index contributed by atoms with van der Waals surface area (Å²) in [4.78, 5) is 0. The Labute approximate surface area is 131 Å². The topological polar surface area (TPSA) is 69.9 Å². The van der Waals surface area contributed by atoms with Gasteiger partial charge in [0.05, 0.1) is 5.56 Å². The van der Waals surface area contributed by atoms with Gasteiger partial charge in [-0.1, -0.05) is 11.6 Å². The quantitative estimate of drug-likeness (QED) is 0.550. The van der Waals surface area contributed by atoms with E-state index in [0.29, 0.717) is 22.4 Å². The fraction of sp³-hybridized carbons (Fsp3) is 0.556. The van der Waals surface area contributed by atoms with Gasteiger partial charge in [0.15, 0.2) is 6.29 Å². The van der Waals surface area contributed by atoms with Gasteiger partial charge in [-0.05, 0) is 52.2 Å². The van der Waals surface area contributed by atoms with Crippen LogP contribution in [0.15, 0.2) is 17.7 Å². The number of aryl methyl sites for hydroxylation is 1. The van der Waals surface area contributed by atoms with Crippen molar-refractivity contribution in [2.75, 3.05) is 0 Å². The maximum atomic E-state index is 10.5. The molecule has 3 rings (SSSR count). The number of benzene rings is 1. The lowest BCUT2D eigenvalue weighted by Gasteiger charge is -2.47. The third-order valence-corrected chi connectivity index (χ3v) is 5.14. The van der Waals surface area contributed by atoms with Crippen molar-refractivity contribution in [1.29, 1.82) is 0 Å². The molecule has 0 radical (unpaired) electrons. The second-order valence-corrected chi connectivity index (χ2v) is 7.13. The summed E-state index contributed by atoms with van der Waals surface area (Å²) in [6.07, 6.45) is 2.62. The number of fused-ring (bicyclic) bond motifs is 3. The van der Waals surface area contributed by atoms with E-state index in [1.165, 1.54) is 5.57 Å². The van der Waals surface area contributed by atoms with Crippen LogP contribution in [0.5, 0.6) is 11.5 Å².